The first-order valence-corrected chi connectivity index (χ1v) is 8.66. The molecule has 0 saturated carbocycles. The smallest absolute Gasteiger partial charge is 0.342 e. The van der Waals surface area contributed by atoms with Gasteiger partial charge in [-0.1, -0.05) is 42.5 Å². The maximum Gasteiger partial charge on any atom is 0.342 e. The Balaban J connectivity index is 1.74. The first-order valence-electron chi connectivity index (χ1n) is 8.66. The molecule has 0 aromatic heterocycles. The van der Waals surface area contributed by atoms with Crippen LogP contribution in [0.1, 0.15) is 28.4 Å². The summed E-state index contributed by atoms with van der Waals surface area (Å²) >= 11 is 0. The number of aryl methyl sites for hydroxylation is 2. The number of ether oxygens (including phenoxy) is 1. The molecule has 0 spiro atoms. The van der Waals surface area contributed by atoms with Crippen LogP contribution in [0.25, 0.3) is 10.8 Å². The van der Waals surface area contributed by atoms with Gasteiger partial charge in [0.2, 0.25) is 0 Å². The number of carbonyl (C=O) groups excluding carboxylic acids is 2. The Labute approximate surface area is 157 Å². The van der Waals surface area contributed by atoms with Crippen molar-refractivity contribution >= 4 is 28.3 Å². The molecule has 0 fully saturated rings. The summed E-state index contributed by atoms with van der Waals surface area (Å²) in [6.45, 7) is 5.32. The molecule has 138 valence electrons. The molecule has 3 aromatic carbocycles. The standard InChI is InChI=1S/C22H21NO4/c1-13-8-9-14(2)19(12-13)23-21(25)15(3)27-22(26)18-11-10-16-6-4-5-7-17(16)20(18)24/h4-12,15,24H,1-3H3,(H,23,25)/t15-/m1/s1. The fraction of sp³-hybridized carbons (Fsp3) is 0.182. The maximum atomic E-state index is 12.4. The third kappa shape index (κ3) is 3.92. The number of esters is 1. The van der Waals surface area contributed by atoms with Crippen molar-refractivity contribution in [2.45, 2.75) is 26.9 Å². The van der Waals surface area contributed by atoms with E-state index in [0.717, 1.165) is 16.5 Å². The van der Waals surface area contributed by atoms with Crippen molar-refractivity contribution in [1.29, 1.82) is 0 Å². The summed E-state index contributed by atoms with van der Waals surface area (Å²) in [5, 5.41) is 14.5. The predicted molar refractivity (Wildman–Crippen MR) is 105 cm³/mol. The zero-order valence-electron chi connectivity index (χ0n) is 15.4. The van der Waals surface area contributed by atoms with Crippen LogP contribution in [-0.4, -0.2) is 23.1 Å². The van der Waals surface area contributed by atoms with Gasteiger partial charge in [0.05, 0.1) is 0 Å². The van der Waals surface area contributed by atoms with Crippen LogP contribution in [0.5, 0.6) is 5.75 Å². The Bertz CT molecular complexity index is 1030. The number of phenolic OH excluding ortho intramolecular Hbond substituents is 1. The molecule has 2 N–H and O–H groups in total. The summed E-state index contributed by atoms with van der Waals surface area (Å²) < 4.78 is 5.26. The second-order valence-electron chi connectivity index (χ2n) is 6.54. The highest BCUT2D eigenvalue weighted by Crippen LogP contribution is 2.29. The molecule has 3 rings (SSSR count). The molecule has 3 aromatic rings. The molecule has 1 atom stereocenters. The van der Waals surface area contributed by atoms with E-state index in [2.05, 4.69) is 5.32 Å². The van der Waals surface area contributed by atoms with Crippen molar-refractivity contribution in [2.75, 3.05) is 5.32 Å². The van der Waals surface area contributed by atoms with Crippen molar-refractivity contribution in [2.24, 2.45) is 0 Å². The average molecular weight is 363 g/mol. The molecule has 1 amide bonds. The fourth-order valence-electron chi connectivity index (χ4n) is 2.80. The zero-order chi connectivity index (χ0) is 19.6. The van der Waals surface area contributed by atoms with E-state index >= 15 is 0 Å². The number of phenols is 1. The van der Waals surface area contributed by atoms with E-state index in [1.807, 2.05) is 44.2 Å². The monoisotopic (exact) mass is 363 g/mol. The van der Waals surface area contributed by atoms with Gasteiger partial charge >= 0.3 is 5.97 Å². The number of amides is 1. The highest BCUT2D eigenvalue weighted by Gasteiger charge is 2.22. The number of fused-ring (bicyclic) bond motifs is 1. The molecule has 0 saturated heterocycles. The number of rotatable bonds is 4. The van der Waals surface area contributed by atoms with Crippen LogP contribution < -0.4 is 5.32 Å². The van der Waals surface area contributed by atoms with Gasteiger partial charge < -0.3 is 15.2 Å². The lowest BCUT2D eigenvalue weighted by atomic mass is 10.1. The van der Waals surface area contributed by atoms with Crippen molar-refractivity contribution in [1.82, 2.24) is 0 Å². The first-order chi connectivity index (χ1) is 12.9. The van der Waals surface area contributed by atoms with Crippen LogP contribution >= 0.6 is 0 Å². The van der Waals surface area contributed by atoms with Gasteiger partial charge in [-0.05, 0) is 49.4 Å². The van der Waals surface area contributed by atoms with Crippen LogP contribution in [0, 0.1) is 13.8 Å². The minimum absolute atomic E-state index is 0.0279. The van der Waals surface area contributed by atoms with Crippen molar-refractivity contribution in [3.63, 3.8) is 0 Å². The van der Waals surface area contributed by atoms with E-state index in [1.165, 1.54) is 13.0 Å². The van der Waals surface area contributed by atoms with Gasteiger partial charge in [0.15, 0.2) is 6.10 Å². The summed E-state index contributed by atoms with van der Waals surface area (Å²) in [5.74, 6) is -1.33. The summed E-state index contributed by atoms with van der Waals surface area (Å²) in [4.78, 5) is 24.8. The van der Waals surface area contributed by atoms with E-state index in [0.29, 0.717) is 11.1 Å². The van der Waals surface area contributed by atoms with E-state index in [4.69, 9.17) is 4.74 Å². The molecule has 0 radical (unpaired) electrons. The highest BCUT2D eigenvalue weighted by atomic mass is 16.5. The maximum absolute atomic E-state index is 12.4. The summed E-state index contributed by atoms with van der Waals surface area (Å²) in [6, 6.07) is 16.1. The van der Waals surface area contributed by atoms with Gasteiger partial charge in [0, 0.05) is 11.1 Å². The summed E-state index contributed by atoms with van der Waals surface area (Å²) in [7, 11) is 0. The minimum Gasteiger partial charge on any atom is -0.506 e. The van der Waals surface area contributed by atoms with E-state index < -0.39 is 18.0 Å². The average Bonchev–Trinajstić information content (AvgIpc) is 2.65. The lowest BCUT2D eigenvalue weighted by Gasteiger charge is -2.16. The molecule has 0 aliphatic rings. The quantitative estimate of drug-likeness (QED) is 0.676. The fourth-order valence-corrected chi connectivity index (χ4v) is 2.80. The molecule has 5 nitrogen and oxygen atoms in total. The predicted octanol–water partition coefficient (Wildman–Crippen LogP) is 4.35. The molecule has 0 bridgehead atoms. The topological polar surface area (TPSA) is 75.6 Å². The molecule has 0 aliphatic carbocycles. The number of benzene rings is 3. The van der Waals surface area contributed by atoms with E-state index in [1.54, 1.807) is 18.2 Å². The van der Waals surface area contributed by atoms with Gasteiger partial charge in [-0.15, -0.1) is 0 Å². The van der Waals surface area contributed by atoms with E-state index in [-0.39, 0.29) is 11.3 Å². The van der Waals surface area contributed by atoms with Gasteiger partial charge in [0.1, 0.15) is 11.3 Å². The van der Waals surface area contributed by atoms with Crippen LogP contribution in [0.2, 0.25) is 0 Å². The highest BCUT2D eigenvalue weighted by molar-refractivity contribution is 6.03. The van der Waals surface area contributed by atoms with E-state index in [9.17, 15) is 14.7 Å². The number of hydrogen-bond donors (Lipinski definition) is 2. The van der Waals surface area contributed by atoms with Crippen molar-refractivity contribution < 1.29 is 19.4 Å². The Morgan fingerprint density at radius 1 is 1.04 bits per heavy atom. The second kappa shape index (κ2) is 7.50. The van der Waals surface area contributed by atoms with Crippen molar-refractivity contribution in [3.8, 4) is 5.75 Å². The number of hydrogen-bond acceptors (Lipinski definition) is 4. The Hall–Kier alpha value is -3.34. The van der Waals surface area contributed by atoms with Gasteiger partial charge in [0.25, 0.3) is 5.91 Å². The molecule has 0 heterocycles. The lowest BCUT2D eigenvalue weighted by molar-refractivity contribution is -0.123. The lowest BCUT2D eigenvalue weighted by Crippen LogP contribution is -2.30. The second-order valence-corrected chi connectivity index (χ2v) is 6.54. The SMILES string of the molecule is Cc1ccc(C)c(NC(=O)[C@@H](C)OC(=O)c2ccc3ccccc3c2O)c1. The summed E-state index contributed by atoms with van der Waals surface area (Å²) in [6.07, 6.45) is -1.01. The van der Waals surface area contributed by atoms with Crippen LogP contribution in [-0.2, 0) is 9.53 Å². The molecule has 27 heavy (non-hydrogen) atoms. The largest absolute Gasteiger partial charge is 0.506 e. The van der Waals surface area contributed by atoms with Gasteiger partial charge in [-0.3, -0.25) is 4.79 Å². The molecule has 0 unspecified atom stereocenters. The molecule has 0 aliphatic heterocycles. The van der Waals surface area contributed by atoms with Gasteiger partial charge in [-0.25, -0.2) is 4.79 Å². The Kier molecular flexibility index (Phi) is 5.12. The first kappa shape index (κ1) is 18.5. The Morgan fingerprint density at radius 2 is 1.78 bits per heavy atom. The van der Waals surface area contributed by atoms with Crippen molar-refractivity contribution in [3.05, 3.63) is 71.3 Å². The molecular weight excluding hydrogens is 342 g/mol. The minimum atomic E-state index is -1.01. The number of anilines is 1. The van der Waals surface area contributed by atoms with Crippen LogP contribution in [0.15, 0.2) is 54.6 Å². The normalized spacial score (nSPS) is 11.8. The molecule has 5 heteroatoms. The number of nitrogens with one attached hydrogen (secondary N) is 1. The van der Waals surface area contributed by atoms with Gasteiger partial charge in [-0.2, -0.15) is 0 Å². The summed E-state index contributed by atoms with van der Waals surface area (Å²) in [5.41, 5.74) is 2.64. The molecular formula is C22H21NO4. The van der Waals surface area contributed by atoms with Crippen LogP contribution in [0.4, 0.5) is 5.69 Å². The third-order valence-electron chi connectivity index (χ3n) is 4.42. The number of aromatic hydroxyl groups is 1. The third-order valence-corrected chi connectivity index (χ3v) is 4.42. The number of carbonyl (C=O) groups is 2. The van der Waals surface area contributed by atoms with Crippen LogP contribution in [0.3, 0.4) is 0 Å². The Morgan fingerprint density at radius 3 is 2.56 bits per heavy atom. The zero-order valence-corrected chi connectivity index (χ0v) is 15.4.